The van der Waals surface area contributed by atoms with E-state index < -0.39 is 23.5 Å². The van der Waals surface area contributed by atoms with Gasteiger partial charge in [-0.25, -0.2) is 0 Å². The molecule has 36 heavy (non-hydrogen) atoms. The van der Waals surface area contributed by atoms with Gasteiger partial charge in [-0.05, 0) is 41.3 Å². The molecule has 184 valence electrons. The molecule has 0 saturated carbocycles. The number of benzene rings is 2. The van der Waals surface area contributed by atoms with Crippen LogP contribution in [0.3, 0.4) is 0 Å². The van der Waals surface area contributed by atoms with E-state index in [2.05, 4.69) is 0 Å². The van der Waals surface area contributed by atoms with Crippen molar-refractivity contribution in [1.29, 1.82) is 0 Å². The highest BCUT2D eigenvalue weighted by atomic mass is 32.1. The van der Waals surface area contributed by atoms with Gasteiger partial charge in [0.25, 0.3) is 5.91 Å². The highest BCUT2D eigenvalue weighted by molar-refractivity contribution is 7.09. The van der Waals surface area contributed by atoms with Crippen LogP contribution in [0.15, 0.2) is 75.7 Å². The van der Waals surface area contributed by atoms with Crippen molar-refractivity contribution in [2.45, 2.75) is 12.6 Å². The summed E-state index contributed by atoms with van der Waals surface area (Å²) in [6.45, 7) is 0.193. The number of rotatable bonds is 8. The van der Waals surface area contributed by atoms with Crippen LogP contribution in [0.25, 0.3) is 11.0 Å². The van der Waals surface area contributed by atoms with E-state index in [1.165, 1.54) is 37.6 Å². The van der Waals surface area contributed by atoms with Gasteiger partial charge < -0.3 is 28.6 Å². The molecule has 4 aromatic rings. The number of carbonyl (C=O) groups excluding carboxylic acids is 2. The van der Waals surface area contributed by atoms with Crippen LogP contribution in [0.5, 0.6) is 17.2 Å². The number of para-hydroxylation sites is 1. The minimum atomic E-state index is -0.922. The zero-order valence-corrected chi connectivity index (χ0v) is 20.6. The fourth-order valence-corrected chi connectivity index (χ4v) is 5.15. The van der Waals surface area contributed by atoms with Gasteiger partial charge in [0.05, 0.1) is 39.5 Å². The number of aliphatic hydroxyl groups excluding tert-OH is 1. The Balaban J connectivity index is 1.67. The van der Waals surface area contributed by atoms with Crippen LogP contribution in [0.2, 0.25) is 0 Å². The smallest absolute Gasteiger partial charge is 0.290 e. The van der Waals surface area contributed by atoms with E-state index in [1.807, 2.05) is 29.6 Å². The van der Waals surface area contributed by atoms with Crippen LogP contribution in [0, 0.1) is 0 Å². The van der Waals surface area contributed by atoms with E-state index >= 15 is 0 Å². The number of aliphatic hydroxyl groups is 1. The molecule has 0 saturated heterocycles. The lowest BCUT2D eigenvalue weighted by Crippen LogP contribution is -2.30. The molecule has 0 fully saturated rings. The molecule has 3 heterocycles. The van der Waals surface area contributed by atoms with Crippen LogP contribution in [0.4, 0.5) is 0 Å². The van der Waals surface area contributed by atoms with Crippen LogP contribution in [-0.2, 0) is 11.3 Å². The molecule has 0 spiro atoms. The van der Waals surface area contributed by atoms with Crippen LogP contribution in [-0.4, -0.2) is 43.0 Å². The number of methoxy groups -OCH3 is 3. The van der Waals surface area contributed by atoms with Gasteiger partial charge in [0, 0.05) is 10.3 Å². The number of ketones is 1. The zero-order valence-electron chi connectivity index (χ0n) is 19.8. The number of amides is 1. The number of hydrogen-bond acceptors (Lipinski definition) is 8. The summed E-state index contributed by atoms with van der Waals surface area (Å²) >= 11 is 1.47. The summed E-state index contributed by atoms with van der Waals surface area (Å²) in [5.41, 5.74) is 0.966. The Morgan fingerprint density at radius 2 is 1.75 bits per heavy atom. The first-order valence-corrected chi connectivity index (χ1v) is 11.9. The largest absolute Gasteiger partial charge is 0.503 e. The van der Waals surface area contributed by atoms with Crippen molar-refractivity contribution in [2.75, 3.05) is 21.3 Å². The number of hydrogen-bond donors (Lipinski definition) is 1. The monoisotopic (exact) mass is 505 g/mol. The fourth-order valence-electron chi connectivity index (χ4n) is 4.45. The van der Waals surface area contributed by atoms with Gasteiger partial charge in [0.15, 0.2) is 23.0 Å². The third-order valence-electron chi connectivity index (χ3n) is 6.11. The second-order valence-electron chi connectivity index (χ2n) is 8.11. The van der Waals surface area contributed by atoms with Crippen molar-refractivity contribution >= 4 is 34.0 Å². The lowest BCUT2D eigenvalue weighted by molar-refractivity contribution is -0.130. The summed E-state index contributed by atoms with van der Waals surface area (Å²) in [6.07, 6.45) is 0. The molecule has 1 aliphatic rings. The van der Waals surface area contributed by atoms with Gasteiger partial charge in [-0.3, -0.25) is 9.59 Å². The highest BCUT2D eigenvalue weighted by Gasteiger charge is 2.45. The van der Waals surface area contributed by atoms with Gasteiger partial charge >= 0.3 is 0 Å². The van der Waals surface area contributed by atoms with Crippen molar-refractivity contribution in [1.82, 2.24) is 4.90 Å². The second kappa shape index (κ2) is 9.43. The number of fused-ring (bicyclic) bond motifs is 1. The topological polar surface area (TPSA) is 98.4 Å². The van der Waals surface area contributed by atoms with Gasteiger partial charge in [0.1, 0.15) is 5.58 Å². The third kappa shape index (κ3) is 3.87. The van der Waals surface area contributed by atoms with E-state index in [4.69, 9.17) is 18.6 Å². The van der Waals surface area contributed by atoms with Crippen molar-refractivity contribution in [3.05, 3.63) is 87.5 Å². The maximum atomic E-state index is 13.8. The first-order valence-electron chi connectivity index (χ1n) is 11.1. The summed E-state index contributed by atoms with van der Waals surface area (Å²) in [5, 5.41) is 13.6. The lowest BCUT2D eigenvalue weighted by Gasteiger charge is -2.27. The number of nitrogens with zero attached hydrogens (tertiary/aromatic N) is 1. The SMILES string of the molecule is COc1cc(C2C(C(=O)c3cc4ccccc4o3)=C(O)C(=O)N2Cc2cccs2)cc(OC)c1OC. The number of Topliss-reactive ketones (excluding diaryl/α,β-unsaturated/α-hetero) is 1. The number of carbonyl (C=O) groups is 2. The summed E-state index contributed by atoms with van der Waals surface area (Å²) in [4.78, 5) is 29.4. The normalized spacial score (nSPS) is 15.6. The summed E-state index contributed by atoms with van der Waals surface area (Å²) < 4.78 is 22.2. The van der Waals surface area contributed by atoms with Crippen molar-refractivity contribution < 1.29 is 33.3 Å². The van der Waals surface area contributed by atoms with E-state index in [-0.39, 0.29) is 17.9 Å². The molecule has 5 rings (SSSR count). The molecule has 2 aromatic carbocycles. The molecule has 0 bridgehead atoms. The Morgan fingerprint density at radius 3 is 2.36 bits per heavy atom. The Hall–Kier alpha value is -4.24. The average molecular weight is 506 g/mol. The van der Waals surface area contributed by atoms with Crippen molar-refractivity contribution in [3.63, 3.8) is 0 Å². The number of thiophene rings is 1. The van der Waals surface area contributed by atoms with E-state index in [0.29, 0.717) is 28.4 Å². The minimum Gasteiger partial charge on any atom is -0.503 e. The Bertz CT molecular complexity index is 1430. The molecule has 1 aliphatic heterocycles. The van der Waals surface area contributed by atoms with Crippen LogP contribution in [0.1, 0.15) is 27.0 Å². The van der Waals surface area contributed by atoms with Gasteiger partial charge in [-0.15, -0.1) is 11.3 Å². The molecule has 9 heteroatoms. The van der Waals surface area contributed by atoms with Gasteiger partial charge in [0.2, 0.25) is 11.5 Å². The Labute approximate surface area is 210 Å². The molecule has 2 aromatic heterocycles. The molecule has 1 unspecified atom stereocenters. The second-order valence-corrected chi connectivity index (χ2v) is 9.15. The van der Waals surface area contributed by atoms with Crippen LogP contribution < -0.4 is 14.2 Å². The predicted molar refractivity (Wildman–Crippen MR) is 134 cm³/mol. The van der Waals surface area contributed by atoms with Gasteiger partial charge in [-0.2, -0.15) is 0 Å². The molecule has 0 radical (unpaired) electrons. The average Bonchev–Trinajstić information content (AvgIpc) is 3.63. The minimum absolute atomic E-state index is 0.0287. The molecule has 0 aliphatic carbocycles. The molecular weight excluding hydrogens is 482 g/mol. The van der Waals surface area contributed by atoms with E-state index in [1.54, 1.807) is 30.3 Å². The van der Waals surface area contributed by atoms with Crippen LogP contribution >= 0.6 is 11.3 Å². The summed E-state index contributed by atoms with van der Waals surface area (Å²) in [7, 11) is 4.46. The maximum Gasteiger partial charge on any atom is 0.290 e. The Morgan fingerprint density at radius 1 is 1.03 bits per heavy atom. The molecule has 8 nitrogen and oxygen atoms in total. The molecule has 1 atom stereocenters. The quantitative estimate of drug-likeness (QED) is 0.325. The number of furan rings is 1. The predicted octanol–water partition coefficient (Wildman–Crippen LogP) is 5.30. The standard InChI is InChI=1S/C27H23NO7S/c1-32-20-12-16(13-21(33-2)26(20)34-3)23-22(24(29)19-11-15-7-4-5-9-18(15)35-19)25(30)27(31)28(23)14-17-8-6-10-36-17/h4-13,23,30H,14H2,1-3H3. The molecular formula is C27H23NO7S. The number of ether oxygens (including phenoxy) is 3. The first-order chi connectivity index (χ1) is 17.5. The van der Waals surface area contributed by atoms with E-state index in [9.17, 15) is 14.7 Å². The highest BCUT2D eigenvalue weighted by Crippen LogP contribution is 2.46. The fraction of sp³-hybridized carbons (Fsp3) is 0.185. The van der Waals surface area contributed by atoms with Crippen molar-refractivity contribution in [3.8, 4) is 17.2 Å². The summed E-state index contributed by atoms with van der Waals surface area (Å²) in [6, 6.07) is 15.0. The molecule has 1 amide bonds. The van der Waals surface area contributed by atoms with Crippen molar-refractivity contribution in [2.24, 2.45) is 0 Å². The molecule has 1 N–H and O–H groups in total. The third-order valence-corrected chi connectivity index (χ3v) is 6.97. The lowest BCUT2D eigenvalue weighted by atomic mass is 9.94. The Kier molecular flexibility index (Phi) is 6.15. The van der Waals surface area contributed by atoms with E-state index in [0.717, 1.165) is 10.3 Å². The van der Waals surface area contributed by atoms with Gasteiger partial charge in [-0.1, -0.05) is 24.3 Å². The maximum absolute atomic E-state index is 13.8. The zero-order chi connectivity index (χ0) is 25.4. The summed E-state index contributed by atoms with van der Waals surface area (Å²) in [5.74, 6) is -0.728. The first kappa shape index (κ1) is 23.5.